The van der Waals surface area contributed by atoms with Gasteiger partial charge in [-0.1, -0.05) is 36.6 Å². The van der Waals surface area contributed by atoms with Gasteiger partial charge in [0.2, 0.25) is 10.0 Å². The molecule has 2 aromatic rings. The summed E-state index contributed by atoms with van der Waals surface area (Å²) in [5, 5.41) is 3.28. The SMILES string of the molecule is CN(C)CCNC(=O)c1ccc(CN(C2CCCCC2F)S(=O)(=O)c2ccc(Cl)cc2)cc1.Cl. The molecule has 188 valence electrons. The van der Waals surface area contributed by atoms with E-state index in [2.05, 4.69) is 5.32 Å². The number of carbonyl (C=O) groups is 1. The molecule has 2 atom stereocenters. The Kier molecular flexibility index (Phi) is 10.8. The molecule has 34 heavy (non-hydrogen) atoms. The molecule has 2 unspecified atom stereocenters. The van der Waals surface area contributed by atoms with Gasteiger partial charge in [0.1, 0.15) is 6.17 Å². The summed E-state index contributed by atoms with van der Waals surface area (Å²) in [6.45, 7) is 1.28. The number of likely N-dealkylation sites (N-methyl/N-ethyl adjacent to an activating group) is 1. The van der Waals surface area contributed by atoms with Crippen LogP contribution < -0.4 is 5.32 Å². The number of hydrogen-bond acceptors (Lipinski definition) is 4. The van der Waals surface area contributed by atoms with Crippen LogP contribution in [0.5, 0.6) is 0 Å². The molecule has 2 aromatic carbocycles. The summed E-state index contributed by atoms with van der Waals surface area (Å²) in [4.78, 5) is 14.4. The first-order chi connectivity index (χ1) is 15.7. The number of amides is 1. The third-order valence-corrected chi connectivity index (χ3v) is 7.97. The molecule has 1 aliphatic carbocycles. The van der Waals surface area contributed by atoms with E-state index in [1.807, 2.05) is 19.0 Å². The van der Waals surface area contributed by atoms with Crippen molar-refractivity contribution in [1.82, 2.24) is 14.5 Å². The number of carbonyl (C=O) groups excluding carboxylic acids is 1. The summed E-state index contributed by atoms with van der Waals surface area (Å²) in [6, 6.07) is 12.0. The van der Waals surface area contributed by atoms with E-state index < -0.39 is 22.2 Å². The first-order valence-electron chi connectivity index (χ1n) is 11.1. The molecule has 1 saturated carbocycles. The quantitative estimate of drug-likeness (QED) is 0.516. The van der Waals surface area contributed by atoms with Crippen LogP contribution in [0.2, 0.25) is 5.02 Å². The van der Waals surface area contributed by atoms with Gasteiger partial charge in [-0.15, -0.1) is 12.4 Å². The van der Waals surface area contributed by atoms with Crippen molar-refractivity contribution in [2.75, 3.05) is 27.2 Å². The fourth-order valence-electron chi connectivity index (χ4n) is 3.95. The predicted octanol–water partition coefficient (Wildman–Crippen LogP) is 4.52. The van der Waals surface area contributed by atoms with Gasteiger partial charge in [0.15, 0.2) is 0 Å². The molecule has 0 aliphatic heterocycles. The van der Waals surface area contributed by atoms with Gasteiger partial charge in [0, 0.05) is 30.2 Å². The van der Waals surface area contributed by atoms with Gasteiger partial charge in [0.05, 0.1) is 10.9 Å². The van der Waals surface area contributed by atoms with E-state index in [1.54, 1.807) is 24.3 Å². The van der Waals surface area contributed by atoms with Crippen LogP contribution in [0.4, 0.5) is 4.39 Å². The van der Waals surface area contributed by atoms with Gasteiger partial charge < -0.3 is 10.2 Å². The van der Waals surface area contributed by atoms with E-state index in [1.165, 1.54) is 28.6 Å². The fourth-order valence-corrected chi connectivity index (χ4v) is 5.74. The highest BCUT2D eigenvalue weighted by atomic mass is 35.5. The van der Waals surface area contributed by atoms with Gasteiger partial charge in [-0.3, -0.25) is 4.79 Å². The highest BCUT2D eigenvalue weighted by Gasteiger charge is 2.38. The van der Waals surface area contributed by atoms with Crippen LogP contribution in [0.15, 0.2) is 53.4 Å². The third kappa shape index (κ3) is 7.39. The van der Waals surface area contributed by atoms with Crippen LogP contribution in [-0.2, 0) is 16.6 Å². The van der Waals surface area contributed by atoms with Crippen LogP contribution in [0.3, 0.4) is 0 Å². The summed E-state index contributed by atoms with van der Waals surface area (Å²) in [6.07, 6.45) is 1.14. The molecule has 0 saturated heterocycles. The van der Waals surface area contributed by atoms with Gasteiger partial charge in [0.25, 0.3) is 5.91 Å². The van der Waals surface area contributed by atoms with Crippen molar-refractivity contribution in [3.8, 4) is 0 Å². The Morgan fingerprint density at radius 3 is 2.26 bits per heavy atom. The minimum atomic E-state index is -3.94. The molecule has 1 fully saturated rings. The minimum absolute atomic E-state index is 0. The highest BCUT2D eigenvalue weighted by Crippen LogP contribution is 2.31. The van der Waals surface area contributed by atoms with Gasteiger partial charge >= 0.3 is 0 Å². The Balaban J connectivity index is 0.00000408. The number of rotatable bonds is 9. The Bertz CT molecular complexity index is 1030. The van der Waals surface area contributed by atoms with Gasteiger partial charge in [-0.05, 0) is 68.9 Å². The monoisotopic (exact) mass is 531 g/mol. The van der Waals surface area contributed by atoms with Gasteiger partial charge in [-0.2, -0.15) is 4.31 Å². The van der Waals surface area contributed by atoms with Crippen molar-refractivity contribution >= 4 is 39.9 Å². The molecular formula is C24H32Cl2FN3O3S. The molecule has 0 aromatic heterocycles. The lowest BCUT2D eigenvalue weighted by molar-refractivity contribution is 0.0951. The number of benzene rings is 2. The Hall–Kier alpha value is -1.71. The van der Waals surface area contributed by atoms with Crippen molar-refractivity contribution in [3.05, 3.63) is 64.7 Å². The second-order valence-electron chi connectivity index (χ2n) is 8.63. The lowest BCUT2D eigenvalue weighted by Crippen LogP contribution is -2.46. The lowest BCUT2D eigenvalue weighted by atomic mass is 9.93. The molecule has 1 aliphatic rings. The fraction of sp³-hybridized carbons (Fsp3) is 0.458. The number of hydrogen-bond donors (Lipinski definition) is 1. The number of sulfonamides is 1. The molecule has 1 amide bonds. The Labute approximate surface area is 212 Å². The van der Waals surface area contributed by atoms with Crippen LogP contribution in [0.1, 0.15) is 41.6 Å². The van der Waals surface area contributed by atoms with Crippen LogP contribution in [0.25, 0.3) is 0 Å². The van der Waals surface area contributed by atoms with Gasteiger partial charge in [-0.25, -0.2) is 12.8 Å². The van der Waals surface area contributed by atoms with E-state index in [-0.39, 0.29) is 29.8 Å². The third-order valence-electron chi connectivity index (χ3n) is 5.84. The molecule has 0 bridgehead atoms. The minimum Gasteiger partial charge on any atom is -0.351 e. The van der Waals surface area contributed by atoms with Crippen LogP contribution in [0, 0.1) is 0 Å². The van der Waals surface area contributed by atoms with Crippen molar-refractivity contribution < 1.29 is 17.6 Å². The van der Waals surface area contributed by atoms with Crippen LogP contribution >= 0.6 is 24.0 Å². The number of halogens is 3. The molecule has 0 radical (unpaired) electrons. The maximum absolute atomic E-state index is 14.9. The predicted molar refractivity (Wildman–Crippen MR) is 136 cm³/mol. The topological polar surface area (TPSA) is 69.7 Å². The van der Waals surface area contributed by atoms with E-state index in [0.29, 0.717) is 35.5 Å². The number of nitrogens with one attached hydrogen (secondary N) is 1. The molecule has 6 nitrogen and oxygen atoms in total. The van der Waals surface area contributed by atoms with Crippen molar-refractivity contribution in [2.45, 2.75) is 49.3 Å². The second kappa shape index (κ2) is 12.8. The van der Waals surface area contributed by atoms with Crippen molar-refractivity contribution in [3.63, 3.8) is 0 Å². The largest absolute Gasteiger partial charge is 0.351 e. The smallest absolute Gasteiger partial charge is 0.251 e. The molecule has 3 rings (SSSR count). The van der Waals surface area contributed by atoms with Crippen molar-refractivity contribution in [1.29, 1.82) is 0 Å². The van der Waals surface area contributed by atoms with E-state index in [4.69, 9.17) is 11.6 Å². The Morgan fingerprint density at radius 2 is 1.68 bits per heavy atom. The highest BCUT2D eigenvalue weighted by molar-refractivity contribution is 7.89. The summed E-state index contributed by atoms with van der Waals surface area (Å²) < 4.78 is 43.1. The molecule has 0 heterocycles. The van der Waals surface area contributed by atoms with E-state index >= 15 is 0 Å². The average Bonchev–Trinajstić information content (AvgIpc) is 2.78. The molecule has 10 heteroatoms. The maximum Gasteiger partial charge on any atom is 0.251 e. The molecule has 1 N–H and O–H groups in total. The Morgan fingerprint density at radius 1 is 1.06 bits per heavy atom. The standard InChI is InChI=1S/C24H31ClFN3O3S.ClH/c1-28(2)16-15-27-24(30)19-9-7-18(8-10-19)17-29(23-6-4-3-5-22(23)26)33(31,32)21-13-11-20(25)12-14-21;/h7-14,22-23H,3-6,15-17H2,1-2H3,(H,27,30);1H. The van der Waals surface area contributed by atoms with E-state index in [9.17, 15) is 17.6 Å². The first-order valence-corrected chi connectivity index (χ1v) is 12.9. The summed E-state index contributed by atoms with van der Waals surface area (Å²) in [7, 11) is -0.0851. The first kappa shape index (κ1) is 28.5. The average molecular weight is 533 g/mol. The number of alkyl halides is 1. The van der Waals surface area contributed by atoms with E-state index in [0.717, 1.165) is 19.4 Å². The normalized spacial score (nSPS) is 18.5. The zero-order valence-electron chi connectivity index (χ0n) is 19.4. The molecule has 0 spiro atoms. The zero-order chi connectivity index (χ0) is 24.0. The number of nitrogens with zero attached hydrogens (tertiary/aromatic N) is 2. The molecular weight excluding hydrogens is 500 g/mol. The summed E-state index contributed by atoms with van der Waals surface area (Å²) in [5.74, 6) is -0.190. The summed E-state index contributed by atoms with van der Waals surface area (Å²) in [5.41, 5.74) is 1.18. The van der Waals surface area contributed by atoms with Crippen molar-refractivity contribution in [2.24, 2.45) is 0 Å². The van der Waals surface area contributed by atoms with Crippen LogP contribution in [-0.4, -0.2) is 62.9 Å². The summed E-state index contributed by atoms with van der Waals surface area (Å²) >= 11 is 5.93. The lowest BCUT2D eigenvalue weighted by Gasteiger charge is -2.35. The zero-order valence-corrected chi connectivity index (χ0v) is 21.8. The second-order valence-corrected chi connectivity index (χ2v) is 11.0. The maximum atomic E-state index is 14.9.